The first-order valence-electron chi connectivity index (χ1n) is 13.0. The molecule has 200 valence electrons. The van der Waals surface area contributed by atoms with Gasteiger partial charge in [0.05, 0.1) is 0 Å². The Morgan fingerprint density at radius 3 is 1.95 bits per heavy atom. The van der Waals surface area contributed by atoms with E-state index in [9.17, 15) is 9.59 Å². The predicted molar refractivity (Wildman–Crippen MR) is 155 cm³/mol. The van der Waals surface area contributed by atoms with Gasteiger partial charge < -0.3 is 10.6 Å². The Hall–Kier alpha value is -5.11. The van der Waals surface area contributed by atoms with E-state index in [0.717, 1.165) is 33.4 Å². The number of nitrogens with zero attached hydrogens (tertiary/aromatic N) is 4. The molecule has 0 fully saturated rings. The van der Waals surface area contributed by atoms with Gasteiger partial charge in [-0.25, -0.2) is 4.98 Å². The highest BCUT2D eigenvalue weighted by Gasteiger charge is 2.33. The van der Waals surface area contributed by atoms with Crippen molar-refractivity contribution in [3.63, 3.8) is 0 Å². The van der Waals surface area contributed by atoms with Crippen molar-refractivity contribution in [1.82, 2.24) is 25.1 Å². The van der Waals surface area contributed by atoms with Gasteiger partial charge in [0.1, 0.15) is 17.6 Å². The number of aromatic nitrogens is 4. The van der Waals surface area contributed by atoms with Crippen LogP contribution in [0.1, 0.15) is 38.7 Å². The summed E-state index contributed by atoms with van der Waals surface area (Å²) in [6.45, 7) is 4.02. The number of rotatable bonds is 8. The molecule has 0 aliphatic carbocycles. The molecule has 0 aliphatic heterocycles. The molecule has 5 rings (SSSR count). The molecule has 0 bridgehead atoms. The van der Waals surface area contributed by atoms with Crippen LogP contribution in [0, 0.1) is 13.8 Å². The van der Waals surface area contributed by atoms with Crippen LogP contribution in [-0.4, -0.2) is 37.6 Å². The summed E-state index contributed by atoms with van der Waals surface area (Å²) in [5, 5.41) is 10.0. The maximum atomic E-state index is 14.0. The van der Waals surface area contributed by atoms with Gasteiger partial charge in [-0.1, -0.05) is 60.7 Å². The summed E-state index contributed by atoms with van der Waals surface area (Å²) >= 11 is 0. The largest absolute Gasteiger partial charge is 0.338 e. The van der Waals surface area contributed by atoms with E-state index < -0.39 is 17.9 Å². The van der Waals surface area contributed by atoms with Gasteiger partial charge in [0, 0.05) is 43.3 Å². The van der Waals surface area contributed by atoms with Crippen LogP contribution in [0.2, 0.25) is 0 Å². The minimum Gasteiger partial charge on any atom is -0.338 e. The minimum atomic E-state index is -0.946. The Bertz CT molecular complexity index is 1560. The number of carbonyl (C=O) groups is 2. The van der Waals surface area contributed by atoms with Crippen molar-refractivity contribution in [2.45, 2.75) is 25.8 Å². The highest BCUT2D eigenvalue weighted by atomic mass is 16.2. The topological polar surface area (TPSA) is 102 Å². The standard InChI is InChI=1S/C32H30N6O2/c1-21-18-33-19-22(2)28(21)25-14-15-27(34-20-25)36-32(40)30(37-31(39)26-16-17-35-38(26)3)29(23-10-6-4-7-11-23)24-12-8-5-9-13-24/h4-20,29-30H,1-3H3,(H,37,39)(H,34,36,40). The quantitative estimate of drug-likeness (QED) is 0.292. The van der Waals surface area contributed by atoms with E-state index in [1.165, 1.54) is 4.68 Å². The minimum absolute atomic E-state index is 0.350. The third-order valence-electron chi connectivity index (χ3n) is 6.90. The lowest BCUT2D eigenvalue weighted by molar-refractivity contribution is -0.118. The van der Waals surface area contributed by atoms with Crippen molar-refractivity contribution in [1.29, 1.82) is 0 Å². The number of anilines is 1. The van der Waals surface area contributed by atoms with Gasteiger partial charge in [-0.05, 0) is 59.9 Å². The van der Waals surface area contributed by atoms with E-state index in [4.69, 9.17) is 0 Å². The molecule has 2 aromatic carbocycles. The van der Waals surface area contributed by atoms with Gasteiger partial charge in [-0.2, -0.15) is 5.10 Å². The van der Waals surface area contributed by atoms with Crippen molar-refractivity contribution in [3.05, 3.63) is 132 Å². The molecule has 5 aromatic rings. The molecule has 0 saturated carbocycles. The molecule has 0 saturated heterocycles. The van der Waals surface area contributed by atoms with Crippen molar-refractivity contribution < 1.29 is 9.59 Å². The average molecular weight is 531 g/mol. The van der Waals surface area contributed by atoms with E-state index in [2.05, 4.69) is 25.7 Å². The molecule has 3 heterocycles. The summed E-state index contributed by atoms with van der Waals surface area (Å²) < 4.78 is 1.48. The Morgan fingerprint density at radius 1 is 0.800 bits per heavy atom. The van der Waals surface area contributed by atoms with Crippen LogP contribution in [0.5, 0.6) is 0 Å². The molecule has 8 heteroatoms. The Balaban J connectivity index is 1.49. The number of amides is 2. The summed E-state index contributed by atoms with van der Waals surface area (Å²) in [4.78, 5) is 36.1. The number of hydrogen-bond acceptors (Lipinski definition) is 5. The van der Waals surface area contributed by atoms with Gasteiger partial charge in [-0.3, -0.25) is 19.3 Å². The lowest BCUT2D eigenvalue weighted by Crippen LogP contribution is -2.48. The number of hydrogen-bond donors (Lipinski definition) is 2. The highest BCUT2D eigenvalue weighted by Crippen LogP contribution is 2.30. The van der Waals surface area contributed by atoms with Crippen LogP contribution in [0.3, 0.4) is 0 Å². The number of aryl methyl sites for hydroxylation is 3. The van der Waals surface area contributed by atoms with E-state index in [1.807, 2.05) is 93.0 Å². The highest BCUT2D eigenvalue weighted by molar-refractivity contribution is 6.01. The molecule has 1 unspecified atom stereocenters. The normalized spacial score (nSPS) is 11.7. The summed E-state index contributed by atoms with van der Waals surface area (Å²) in [7, 11) is 1.69. The Kier molecular flexibility index (Phi) is 7.77. The fourth-order valence-electron chi connectivity index (χ4n) is 4.99. The maximum Gasteiger partial charge on any atom is 0.270 e. The zero-order chi connectivity index (χ0) is 28.1. The maximum absolute atomic E-state index is 14.0. The summed E-state index contributed by atoms with van der Waals surface area (Å²) in [5.41, 5.74) is 6.23. The lowest BCUT2D eigenvalue weighted by atomic mass is 9.84. The third kappa shape index (κ3) is 5.66. The molecule has 0 aliphatic rings. The van der Waals surface area contributed by atoms with Crippen LogP contribution < -0.4 is 10.6 Å². The fourth-order valence-corrected chi connectivity index (χ4v) is 4.99. The molecule has 2 amide bonds. The van der Waals surface area contributed by atoms with Gasteiger partial charge in [-0.15, -0.1) is 0 Å². The molecule has 8 nitrogen and oxygen atoms in total. The molecule has 0 radical (unpaired) electrons. The van der Waals surface area contributed by atoms with Crippen LogP contribution in [0.15, 0.2) is 104 Å². The fraction of sp³-hybridized carbons (Fsp3) is 0.156. The smallest absolute Gasteiger partial charge is 0.270 e. The van der Waals surface area contributed by atoms with Crippen molar-refractivity contribution in [2.75, 3.05) is 5.32 Å². The molecule has 0 spiro atoms. The first-order valence-corrected chi connectivity index (χ1v) is 13.0. The van der Waals surface area contributed by atoms with Gasteiger partial charge in [0.15, 0.2) is 0 Å². The number of benzene rings is 2. The zero-order valence-corrected chi connectivity index (χ0v) is 22.6. The summed E-state index contributed by atoms with van der Waals surface area (Å²) in [6, 6.07) is 23.7. The molecular weight excluding hydrogens is 500 g/mol. The first kappa shape index (κ1) is 26.5. The number of pyridine rings is 2. The summed E-state index contributed by atoms with van der Waals surface area (Å²) in [6.07, 6.45) is 6.93. The SMILES string of the molecule is Cc1cncc(C)c1-c1ccc(NC(=O)C(NC(=O)c2ccnn2C)C(c2ccccc2)c2ccccc2)nc1. The zero-order valence-electron chi connectivity index (χ0n) is 22.6. The second-order valence-electron chi connectivity index (χ2n) is 9.66. The third-order valence-corrected chi connectivity index (χ3v) is 6.90. The van der Waals surface area contributed by atoms with Crippen LogP contribution >= 0.6 is 0 Å². The van der Waals surface area contributed by atoms with Crippen LogP contribution in [0.25, 0.3) is 11.1 Å². The Labute approximate surface area is 233 Å². The Morgan fingerprint density at radius 2 is 1.43 bits per heavy atom. The lowest BCUT2D eigenvalue weighted by Gasteiger charge is -2.28. The average Bonchev–Trinajstić information content (AvgIpc) is 3.40. The molecule has 40 heavy (non-hydrogen) atoms. The molecule has 2 N–H and O–H groups in total. The van der Waals surface area contributed by atoms with E-state index in [0.29, 0.717) is 11.5 Å². The summed E-state index contributed by atoms with van der Waals surface area (Å²) in [5.74, 6) is -0.854. The monoisotopic (exact) mass is 530 g/mol. The number of carbonyl (C=O) groups excluding carboxylic acids is 2. The van der Waals surface area contributed by atoms with Gasteiger partial charge in [0.25, 0.3) is 5.91 Å². The first-order chi connectivity index (χ1) is 19.4. The van der Waals surface area contributed by atoms with Crippen LogP contribution in [0.4, 0.5) is 5.82 Å². The van der Waals surface area contributed by atoms with Crippen molar-refractivity contribution in [3.8, 4) is 11.1 Å². The van der Waals surface area contributed by atoms with Gasteiger partial charge in [0.2, 0.25) is 5.91 Å². The van der Waals surface area contributed by atoms with Gasteiger partial charge >= 0.3 is 0 Å². The predicted octanol–water partition coefficient (Wildman–Crippen LogP) is 5.06. The second-order valence-corrected chi connectivity index (χ2v) is 9.66. The van der Waals surface area contributed by atoms with E-state index in [1.54, 1.807) is 31.6 Å². The van der Waals surface area contributed by atoms with E-state index in [-0.39, 0.29) is 5.91 Å². The van der Waals surface area contributed by atoms with E-state index >= 15 is 0 Å². The number of nitrogens with one attached hydrogen (secondary N) is 2. The molecular formula is C32H30N6O2. The molecule has 3 aromatic heterocycles. The van der Waals surface area contributed by atoms with Crippen LogP contribution in [-0.2, 0) is 11.8 Å². The van der Waals surface area contributed by atoms with Crippen molar-refractivity contribution >= 4 is 17.6 Å². The molecule has 1 atom stereocenters. The second kappa shape index (κ2) is 11.7. The van der Waals surface area contributed by atoms with Crippen molar-refractivity contribution in [2.24, 2.45) is 7.05 Å².